The summed E-state index contributed by atoms with van der Waals surface area (Å²) in [5, 5.41) is 11.1. The number of nitrogens with one attached hydrogen (secondary N) is 4. The molecule has 0 bridgehead atoms. The molecule has 0 spiro atoms. The van der Waals surface area contributed by atoms with Crippen molar-refractivity contribution in [3.8, 4) is 0 Å². The summed E-state index contributed by atoms with van der Waals surface area (Å²) in [7, 11) is 0. The Bertz CT molecular complexity index is 1800. The number of hydrogen-bond acceptors (Lipinski definition) is 7. The first-order valence-electron chi connectivity index (χ1n) is 20.6. The number of imidazole rings is 1. The maximum Gasteiger partial charge on any atom is 0.289 e. The lowest BCUT2D eigenvalue weighted by Gasteiger charge is -2.38. The van der Waals surface area contributed by atoms with E-state index in [4.69, 9.17) is 0 Å². The van der Waals surface area contributed by atoms with Gasteiger partial charge in [0.25, 0.3) is 17.7 Å². The Hall–Kier alpha value is -4.69. The Morgan fingerprint density at radius 1 is 0.930 bits per heavy atom. The number of hydrogen-bond donors (Lipinski definition) is 4. The van der Waals surface area contributed by atoms with Crippen molar-refractivity contribution in [1.29, 1.82) is 0 Å². The normalized spacial score (nSPS) is 23.5. The maximum atomic E-state index is 15.4. The van der Waals surface area contributed by atoms with Crippen molar-refractivity contribution in [1.82, 2.24) is 35.7 Å². The molecule has 6 rings (SSSR count). The summed E-state index contributed by atoms with van der Waals surface area (Å²) in [4.78, 5) is 88.6. The molecule has 0 unspecified atom stereocenters. The van der Waals surface area contributed by atoms with E-state index in [1.54, 1.807) is 38.5 Å². The van der Waals surface area contributed by atoms with Gasteiger partial charge in [-0.1, -0.05) is 83.7 Å². The number of halogens is 2. The highest BCUT2D eigenvalue weighted by Gasteiger charge is 2.61. The first-order valence-corrected chi connectivity index (χ1v) is 20.6. The summed E-state index contributed by atoms with van der Waals surface area (Å²) in [6.07, 6.45) is 8.94. The molecule has 4 aliphatic rings. The number of Topliss-reactive ketones (excluding diaryl/α,β-unsaturated/α-hetero) is 1. The third-order valence-electron chi connectivity index (χ3n) is 12.1. The third-order valence-corrected chi connectivity index (χ3v) is 12.1. The molecule has 2 aromatic rings. The van der Waals surface area contributed by atoms with Crippen LogP contribution in [0.25, 0.3) is 0 Å². The molecule has 6 atom stereocenters. The first-order chi connectivity index (χ1) is 27.1. The van der Waals surface area contributed by atoms with Crippen LogP contribution in [-0.4, -0.2) is 92.4 Å². The van der Waals surface area contributed by atoms with E-state index in [2.05, 4.69) is 26.3 Å². The van der Waals surface area contributed by atoms with Gasteiger partial charge in [-0.05, 0) is 61.3 Å². The Labute approximate surface area is 332 Å². The first kappa shape index (κ1) is 41.9. The summed E-state index contributed by atoms with van der Waals surface area (Å²) < 4.78 is 32.4. The van der Waals surface area contributed by atoms with Crippen molar-refractivity contribution in [2.24, 2.45) is 23.2 Å². The Kier molecular flexibility index (Phi) is 12.8. The van der Waals surface area contributed by atoms with Crippen LogP contribution >= 0.6 is 0 Å². The van der Waals surface area contributed by atoms with Gasteiger partial charge in [0, 0.05) is 43.9 Å². The molecule has 3 aliphatic carbocycles. The zero-order valence-corrected chi connectivity index (χ0v) is 33.4. The largest absolute Gasteiger partial charge is 0.347 e. The fourth-order valence-electron chi connectivity index (χ4n) is 8.83. The molecule has 15 heteroatoms. The highest BCUT2D eigenvalue weighted by atomic mass is 19.3. The summed E-state index contributed by atoms with van der Waals surface area (Å²) in [6.45, 7) is 6.97. The quantitative estimate of drug-likeness (QED) is 0.196. The summed E-state index contributed by atoms with van der Waals surface area (Å²) in [5.41, 5.74) is 0.00265. The number of aromatic nitrogens is 2. The van der Waals surface area contributed by atoms with Gasteiger partial charge in [-0.25, -0.2) is 13.8 Å². The molecule has 1 aliphatic heterocycles. The number of benzene rings is 1. The van der Waals surface area contributed by atoms with Crippen molar-refractivity contribution in [2.75, 3.05) is 6.54 Å². The lowest BCUT2D eigenvalue weighted by Crippen LogP contribution is -2.62. The minimum absolute atomic E-state index is 0.0174. The van der Waals surface area contributed by atoms with Crippen molar-refractivity contribution >= 4 is 35.3 Å². The maximum absolute atomic E-state index is 15.4. The summed E-state index contributed by atoms with van der Waals surface area (Å²) in [5.74, 6) is -9.70. The molecule has 57 heavy (non-hydrogen) atoms. The van der Waals surface area contributed by atoms with Gasteiger partial charge in [0.2, 0.25) is 23.5 Å². The summed E-state index contributed by atoms with van der Waals surface area (Å²) >= 11 is 0. The highest BCUT2D eigenvalue weighted by Crippen LogP contribution is 2.51. The fraction of sp³-hybridized carbons (Fsp3) is 0.643. The van der Waals surface area contributed by atoms with Gasteiger partial charge in [0.15, 0.2) is 5.82 Å². The van der Waals surface area contributed by atoms with Crippen LogP contribution in [0.15, 0.2) is 42.7 Å². The zero-order valence-electron chi connectivity index (χ0n) is 33.4. The number of amides is 5. The SMILES string of the molecule is CCC[C@H](NC(=O)[C@@H]1[C@H]2CCC(F)(F)[C@H]2CN1C(=O)[C@@H](NC(=O)[C@@H](NC(=O)c1nccn1Cc1ccccc1)C1CCCCC1)C(C)(C)C)C(=O)C(=O)NC1CC1. The standard InChI is InChI=1S/C42H57F2N7O6/c1-5-12-30(33(52)38(55)46-27-17-18-27)47-37(54)32-28-19-20-42(43,44)29(28)24-51(32)40(57)34(41(2,3)4)49-36(53)31(26-15-10-7-11-16-26)48-39(56)35-45-21-22-50(35)23-25-13-8-6-9-14-25/h6,8-9,13-14,21-22,26-32,34H,5,7,10-12,15-20,23-24H2,1-4H3,(H,46,55)(H,47,54)(H,48,56)(H,49,53)/t28-,29-,30-,31-,32-,34+/m0/s1. The van der Waals surface area contributed by atoms with E-state index in [9.17, 15) is 28.8 Å². The highest BCUT2D eigenvalue weighted by molar-refractivity contribution is 6.38. The average molecular weight is 794 g/mol. The number of ketones is 1. The van der Waals surface area contributed by atoms with E-state index in [1.807, 2.05) is 30.3 Å². The van der Waals surface area contributed by atoms with Gasteiger partial charge in [-0.15, -0.1) is 0 Å². The minimum Gasteiger partial charge on any atom is -0.347 e. The Balaban J connectivity index is 1.24. The van der Waals surface area contributed by atoms with E-state index in [-0.39, 0.29) is 30.6 Å². The lowest BCUT2D eigenvalue weighted by molar-refractivity contribution is -0.146. The van der Waals surface area contributed by atoms with Gasteiger partial charge < -0.3 is 30.7 Å². The second-order valence-corrected chi connectivity index (χ2v) is 17.5. The number of likely N-dealkylation sites (tertiary alicyclic amines) is 1. The van der Waals surface area contributed by atoms with E-state index < -0.39 is 95.6 Å². The molecule has 1 aromatic carbocycles. The number of carbonyl (C=O) groups is 6. The predicted molar refractivity (Wildman–Crippen MR) is 207 cm³/mol. The second kappa shape index (κ2) is 17.4. The van der Waals surface area contributed by atoms with Crippen LogP contribution < -0.4 is 21.3 Å². The van der Waals surface area contributed by atoms with Crippen molar-refractivity contribution in [2.45, 2.75) is 141 Å². The average Bonchev–Trinajstić information content (AvgIpc) is 3.58. The van der Waals surface area contributed by atoms with E-state index >= 15 is 8.78 Å². The molecule has 310 valence electrons. The summed E-state index contributed by atoms with van der Waals surface area (Å²) in [6, 6.07) is 4.65. The Morgan fingerprint density at radius 2 is 1.63 bits per heavy atom. The third kappa shape index (κ3) is 9.72. The topological polar surface area (TPSA) is 172 Å². The number of fused-ring (bicyclic) bond motifs is 1. The second-order valence-electron chi connectivity index (χ2n) is 17.5. The molecule has 3 saturated carbocycles. The molecule has 1 aromatic heterocycles. The van der Waals surface area contributed by atoms with Crippen LogP contribution in [-0.2, 0) is 30.5 Å². The number of alkyl halides is 2. The molecular formula is C42H57F2N7O6. The smallest absolute Gasteiger partial charge is 0.289 e. The van der Waals surface area contributed by atoms with Gasteiger partial charge in [0.05, 0.1) is 6.04 Å². The van der Waals surface area contributed by atoms with Crippen molar-refractivity contribution in [3.05, 3.63) is 54.1 Å². The minimum atomic E-state index is -3.13. The van der Waals surface area contributed by atoms with Gasteiger partial charge >= 0.3 is 0 Å². The monoisotopic (exact) mass is 793 g/mol. The molecular weight excluding hydrogens is 737 g/mol. The molecule has 0 radical (unpaired) electrons. The lowest BCUT2D eigenvalue weighted by atomic mass is 9.82. The van der Waals surface area contributed by atoms with Gasteiger partial charge in [0.1, 0.15) is 18.1 Å². The van der Waals surface area contributed by atoms with Crippen LogP contribution in [0.5, 0.6) is 0 Å². The van der Waals surface area contributed by atoms with E-state index in [1.165, 1.54) is 6.20 Å². The number of nitrogens with zero attached hydrogens (tertiary/aromatic N) is 3. The Morgan fingerprint density at radius 3 is 2.28 bits per heavy atom. The molecule has 1 saturated heterocycles. The van der Waals surface area contributed by atoms with Crippen LogP contribution in [0.2, 0.25) is 0 Å². The predicted octanol–water partition coefficient (Wildman–Crippen LogP) is 4.15. The van der Waals surface area contributed by atoms with Crippen LogP contribution in [0.4, 0.5) is 8.78 Å². The van der Waals surface area contributed by atoms with E-state index in [0.29, 0.717) is 25.8 Å². The van der Waals surface area contributed by atoms with Crippen molar-refractivity contribution < 1.29 is 37.5 Å². The zero-order chi connectivity index (χ0) is 41.1. The fourth-order valence-corrected chi connectivity index (χ4v) is 8.83. The number of carbonyl (C=O) groups excluding carboxylic acids is 6. The van der Waals surface area contributed by atoms with Crippen LogP contribution in [0.3, 0.4) is 0 Å². The molecule has 2 heterocycles. The van der Waals surface area contributed by atoms with Crippen LogP contribution in [0, 0.1) is 23.2 Å². The molecule has 4 fully saturated rings. The van der Waals surface area contributed by atoms with Crippen molar-refractivity contribution in [3.63, 3.8) is 0 Å². The molecule has 4 N–H and O–H groups in total. The number of rotatable bonds is 15. The molecule has 5 amide bonds. The van der Waals surface area contributed by atoms with Crippen LogP contribution in [0.1, 0.15) is 115 Å². The molecule has 13 nitrogen and oxygen atoms in total. The van der Waals surface area contributed by atoms with Gasteiger partial charge in [-0.3, -0.25) is 28.8 Å². The van der Waals surface area contributed by atoms with Gasteiger partial charge in [-0.2, -0.15) is 0 Å². The van der Waals surface area contributed by atoms with E-state index in [0.717, 1.165) is 42.6 Å².